The highest BCUT2D eigenvalue weighted by atomic mass is 35.5. The molecule has 0 spiro atoms. The first kappa shape index (κ1) is 13.1. The lowest BCUT2D eigenvalue weighted by atomic mass is 9.80. The van der Waals surface area contributed by atoms with Gasteiger partial charge in [0, 0.05) is 12.0 Å². The molecule has 0 radical (unpaired) electrons. The van der Waals surface area contributed by atoms with E-state index in [1.54, 1.807) is 6.07 Å². The Hall–Kier alpha value is -0.340. The fraction of sp³-hybridized carbons (Fsp3) is 0.692. The second-order valence-electron chi connectivity index (χ2n) is 4.88. The highest BCUT2D eigenvalue weighted by molar-refractivity contribution is 6.33. The van der Waals surface area contributed by atoms with Gasteiger partial charge in [0.2, 0.25) is 0 Å². The number of halogens is 2. The van der Waals surface area contributed by atoms with E-state index < -0.39 is 0 Å². The van der Waals surface area contributed by atoms with Crippen LogP contribution in [0.4, 0.5) is 0 Å². The van der Waals surface area contributed by atoms with Gasteiger partial charge in [-0.25, -0.2) is 9.97 Å². The van der Waals surface area contributed by atoms with Gasteiger partial charge in [0.25, 0.3) is 0 Å². The minimum atomic E-state index is 0.444. The second-order valence-corrected chi connectivity index (χ2v) is 5.65. The molecular weight excluding hydrogens is 255 g/mol. The number of aromatic nitrogens is 2. The Labute approximate surface area is 113 Å². The zero-order valence-corrected chi connectivity index (χ0v) is 11.6. The van der Waals surface area contributed by atoms with E-state index in [-0.39, 0.29) is 0 Å². The van der Waals surface area contributed by atoms with E-state index in [0.29, 0.717) is 16.2 Å². The molecule has 2 rings (SSSR count). The third-order valence-corrected chi connectivity index (χ3v) is 3.98. The molecule has 1 aliphatic rings. The predicted octanol–water partition coefficient (Wildman–Crippen LogP) is 4.86. The van der Waals surface area contributed by atoms with Crippen molar-refractivity contribution in [3.8, 4) is 0 Å². The van der Waals surface area contributed by atoms with Crippen molar-refractivity contribution in [3.63, 3.8) is 0 Å². The molecule has 1 heterocycles. The van der Waals surface area contributed by atoms with Gasteiger partial charge in [-0.15, -0.1) is 0 Å². The minimum absolute atomic E-state index is 0.444. The molecule has 1 aliphatic carbocycles. The highest BCUT2D eigenvalue weighted by Crippen LogP contribution is 2.36. The van der Waals surface area contributed by atoms with Crippen molar-refractivity contribution in [2.24, 2.45) is 5.92 Å². The molecule has 0 aliphatic heterocycles. The lowest BCUT2D eigenvalue weighted by Crippen LogP contribution is -2.15. The summed E-state index contributed by atoms with van der Waals surface area (Å²) in [5.41, 5.74) is 0. The molecule has 0 aromatic carbocycles. The van der Waals surface area contributed by atoms with Crippen LogP contribution in [-0.4, -0.2) is 9.97 Å². The van der Waals surface area contributed by atoms with Crippen LogP contribution in [0.3, 0.4) is 0 Å². The van der Waals surface area contributed by atoms with Crippen molar-refractivity contribution in [1.82, 2.24) is 9.97 Å². The SMILES string of the molecule is CCCC1CCC(c2nc(Cl)cc(Cl)n2)CC1. The zero-order chi connectivity index (χ0) is 12.3. The molecule has 0 atom stereocenters. The Bertz CT molecular complexity index is 353. The summed E-state index contributed by atoms with van der Waals surface area (Å²) in [5.74, 6) is 2.17. The molecule has 0 saturated heterocycles. The Morgan fingerprint density at radius 2 is 1.71 bits per heavy atom. The molecule has 0 unspecified atom stereocenters. The number of rotatable bonds is 3. The molecule has 0 bridgehead atoms. The van der Waals surface area contributed by atoms with Crippen LogP contribution in [0.5, 0.6) is 0 Å². The van der Waals surface area contributed by atoms with E-state index in [1.165, 1.54) is 38.5 Å². The van der Waals surface area contributed by atoms with Crippen molar-refractivity contribution < 1.29 is 0 Å². The van der Waals surface area contributed by atoms with Crippen LogP contribution in [0.25, 0.3) is 0 Å². The average molecular weight is 273 g/mol. The zero-order valence-electron chi connectivity index (χ0n) is 10.1. The van der Waals surface area contributed by atoms with Gasteiger partial charge in [-0.2, -0.15) is 0 Å². The maximum atomic E-state index is 5.91. The van der Waals surface area contributed by atoms with Gasteiger partial charge in [0.1, 0.15) is 16.1 Å². The van der Waals surface area contributed by atoms with E-state index in [1.807, 2.05) is 0 Å². The smallest absolute Gasteiger partial charge is 0.134 e. The fourth-order valence-corrected chi connectivity index (χ4v) is 3.14. The molecule has 1 saturated carbocycles. The Balaban J connectivity index is 2.00. The number of nitrogens with zero attached hydrogens (tertiary/aromatic N) is 2. The van der Waals surface area contributed by atoms with E-state index in [2.05, 4.69) is 16.9 Å². The van der Waals surface area contributed by atoms with Crippen molar-refractivity contribution in [2.75, 3.05) is 0 Å². The summed E-state index contributed by atoms with van der Waals surface area (Å²) < 4.78 is 0. The van der Waals surface area contributed by atoms with E-state index in [0.717, 1.165) is 11.7 Å². The van der Waals surface area contributed by atoms with Crippen molar-refractivity contribution in [2.45, 2.75) is 51.4 Å². The summed E-state index contributed by atoms with van der Waals surface area (Å²) in [7, 11) is 0. The van der Waals surface area contributed by atoms with Gasteiger partial charge in [0.05, 0.1) is 0 Å². The van der Waals surface area contributed by atoms with E-state index in [4.69, 9.17) is 23.2 Å². The normalized spacial score (nSPS) is 24.9. The summed E-state index contributed by atoms with van der Waals surface area (Å²) in [6.45, 7) is 2.26. The standard InChI is InChI=1S/C13H18Cl2N2/c1-2-3-9-4-6-10(7-5-9)13-16-11(14)8-12(15)17-13/h8-10H,2-7H2,1H3. The fourth-order valence-electron chi connectivity index (χ4n) is 2.71. The van der Waals surface area contributed by atoms with Crippen LogP contribution >= 0.6 is 23.2 Å². The van der Waals surface area contributed by atoms with Crippen molar-refractivity contribution in [1.29, 1.82) is 0 Å². The summed E-state index contributed by atoms with van der Waals surface area (Å²) >= 11 is 11.8. The largest absolute Gasteiger partial charge is 0.221 e. The first-order chi connectivity index (χ1) is 8.19. The molecule has 4 heteroatoms. The molecule has 94 valence electrons. The maximum absolute atomic E-state index is 5.91. The summed E-state index contributed by atoms with van der Waals surface area (Å²) in [6.07, 6.45) is 7.54. The van der Waals surface area contributed by atoms with E-state index >= 15 is 0 Å². The molecule has 1 aromatic rings. The number of hydrogen-bond acceptors (Lipinski definition) is 2. The summed E-state index contributed by atoms with van der Waals surface area (Å²) in [5, 5.41) is 0.909. The lowest BCUT2D eigenvalue weighted by Gasteiger charge is -2.27. The van der Waals surface area contributed by atoms with Crippen LogP contribution in [0.2, 0.25) is 10.3 Å². The maximum Gasteiger partial charge on any atom is 0.134 e. The number of hydrogen-bond donors (Lipinski definition) is 0. The first-order valence-corrected chi connectivity index (χ1v) is 7.14. The summed E-state index contributed by atoms with van der Waals surface area (Å²) in [4.78, 5) is 8.60. The summed E-state index contributed by atoms with van der Waals surface area (Å²) in [6, 6.07) is 1.59. The van der Waals surface area contributed by atoms with Crippen LogP contribution in [0.1, 0.15) is 57.2 Å². The monoisotopic (exact) mass is 272 g/mol. The highest BCUT2D eigenvalue weighted by Gasteiger charge is 2.24. The first-order valence-electron chi connectivity index (χ1n) is 6.39. The van der Waals surface area contributed by atoms with Gasteiger partial charge in [0.15, 0.2) is 0 Å². The molecular formula is C13H18Cl2N2. The Morgan fingerprint density at radius 3 is 2.24 bits per heavy atom. The van der Waals surface area contributed by atoms with Crippen LogP contribution in [0.15, 0.2) is 6.07 Å². The van der Waals surface area contributed by atoms with Crippen LogP contribution in [-0.2, 0) is 0 Å². The minimum Gasteiger partial charge on any atom is -0.221 e. The lowest BCUT2D eigenvalue weighted by molar-refractivity contribution is 0.302. The van der Waals surface area contributed by atoms with Gasteiger partial charge in [-0.3, -0.25) is 0 Å². The third-order valence-electron chi connectivity index (χ3n) is 3.59. The van der Waals surface area contributed by atoms with E-state index in [9.17, 15) is 0 Å². The molecule has 17 heavy (non-hydrogen) atoms. The predicted molar refractivity (Wildman–Crippen MR) is 71.7 cm³/mol. The second kappa shape index (κ2) is 6.01. The Kier molecular flexibility index (Phi) is 4.63. The average Bonchev–Trinajstić information content (AvgIpc) is 2.29. The molecule has 2 nitrogen and oxygen atoms in total. The van der Waals surface area contributed by atoms with Gasteiger partial charge >= 0.3 is 0 Å². The molecule has 0 amide bonds. The molecule has 1 aromatic heterocycles. The topological polar surface area (TPSA) is 25.8 Å². The van der Waals surface area contributed by atoms with Crippen LogP contribution in [0, 0.1) is 5.92 Å². The third kappa shape index (κ3) is 3.56. The van der Waals surface area contributed by atoms with Gasteiger partial charge < -0.3 is 0 Å². The Morgan fingerprint density at radius 1 is 1.12 bits per heavy atom. The molecule has 1 fully saturated rings. The van der Waals surface area contributed by atoms with Crippen molar-refractivity contribution in [3.05, 3.63) is 22.2 Å². The quantitative estimate of drug-likeness (QED) is 0.735. The van der Waals surface area contributed by atoms with Crippen molar-refractivity contribution >= 4 is 23.2 Å². The van der Waals surface area contributed by atoms with Crippen LogP contribution < -0.4 is 0 Å². The van der Waals surface area contributed by atoms with Gasteiger partial charge in [-0.05, 0) is 31.6 Å². The molecule has 0 N–H and O–H groups in total. The van der Waals surface area contributed by atoms with Gasteiger partial charge in [-0.1, -0.05) is 43.0 Å².